The molecule has 1 heterocycles. The summed E-state index contributed by atoms with van der Waals surface area (Å²) in [6, 6.07) is 7.04. The minimum absolute atomic E-state index is 0.296. The quantitative estimate of drug-likeness (QED) is 0.881. The third-order valence-corrected chi connectivity index (χ3v) is 3.13. The number of aliphatic imine (C=N–C) groups is 1. The van der Waals surface area contributed by atoms with Crippen molar-refractivity contribution in [3.63, 3.8) is 0 Å². The number of nitrogens with one attached hydrogen (secondary N) is 2. The molecule has 0 bridgehead atoms. The van der Waals surface area contributed by atoms with Gasteiger partial charge in [-0.3, -0.25) is 10.3 Å². The van der Waals surface area contributed by atoms with Crippen LogP contribution in [0.4, 0.5) is 10.5 Å². The summed E-state index contributed by atoms with van der Waals surface area (Å²) >= 11 is 1.54. The first-order chi connectivity index (χ1) is 8.79. The van der Waals surface area contributed by atoms with Crippen LogP contribution in [0.2, 0.25) is 0 Å². The standard InChI is InChI=1S/C12H15N3O2S/c1-2-17-10-6-4-3-5-9(10)14-11(16)15-12-13-7-8-18-12/h3-6H,2,7-8H2,1H3,(H2,13,14,15,16). The largest absolute Gasteiger partial charge is 0.492 e. The predicted molar refractivity (Wildman–Crippen MR) is 74.5 cm³/mol. The van der Waals surface area contributed by atoms with E-state index in [0.29, 0.717) is 23.2 Å². The third-order valence-electron chi connectivity index (χ3n) is 2.24. The highest BCUT2D eigenvalue weighted by atomic mass is 32.2. The normalized spacial score (nSPS) is 13.9. The number of carbonyl (C=O) groups excluding carboxylic acids is 1. The Morgan fingerprint density at radius 3 is 3.00 bits per heavy atom. The zero-order valence-corrected chi connectivity index (χ0v) is 10.9. The lowest BCUT2D eigenvalue weighted by Crippen LogP contribution is -2.32. The van der Waals surface area contributed by atoms with Crippen molar-refractivity contribution in [3.05, 3.63) is 24.3 Å². The number of benzene rings is 1. The van der Waals surface area contributed by atoms with Crippen LogP contribution in [0.1, 0.15) is 6.92 Å². The zero-order valence-electron chi connectivity index (χ0n) is 10.1. The molecular weight excluding hydrogens is 250 g/mol. The Hall–Kier alpha value is -1.69. The SMILES string of the molecule is CCOc1ccccc1NC(=O)NC1=NCCS1. The van der Waals surface area contributed by atoms with E-state index < -0.39 is 0 Å². The Bertz CT molecular complexity index is 462. The van der Waals surface area contributed by atoms with Gasteiger partial charge in [-0.2, -0.15) is 0 Å². The van der Waals surface area contributed by atoms with Crippen LogP contribution < -0.4 is 15.4 Å². The molecule has 2 rings (SSSR count). The molecule has 0 unspecified atom stereocenters. The van der Waals surface area contributed by atoms with Crippen molar-refractivity contribution in [2.45, 2.75) is 6.92 Å². The summed E-state index contributed by atoms with van der Waals surface area (Å²) in [6.45, 7) is 3.22. The van der Waals surface area contributed by atoms with Gasteiger partial charge in [-0.05, 0) is 19.1 Å². The van der Waals surface area contributed by atoms with Gasteiger partial charge in [-0.1, -0.05) is 23.9 Å². The van der Waals surface area contributed by atoms with E-state index in [1.165, 1.54) is 0 Å². The van der Waals surface area contributed by atoms with E-state index in [0.717, 1.165) is 12.3 Å². The fraction of sp³-hybridized carbons (Fsp3) is 0.333. The maximum absolute atomic E-state index is 11.8. The molecule has 0 atom stereocenters. The van der Waals surface area contributed by atoms with Crippen LogP contribution in [0.5, 0.6) is 5.75 Å². The number of anilines is 1. The predicted octanol–water partition coefficient (Wildman–Crippen LogP) is 2.31. The van der Waals surface area contributed by atoms with E-state index in [4.69, 9.17) is 4.74 Å². The van der Waals surface area contributed by atoms with Gasteiger partial charge in [0.15, 0.2) is 5.17 Å². The molecule has 2 amide bonds. The van der Waals surface area contributed by atoms with Gasteiger partial charge in [-0.15, -0.1) is 0 Å². The number of ether oxygens (including phenoxy) is 1. The highest BCUT2D eigenvalue weighted by Crippen LogP contribution is 2.23. The van der Waals surface area contributed by atoms with Crippen LogP contribution in [-0.4, -0.2) is 30.1 Å². The number of thioether (sulfide) groups is 1. The second-order valence-corrected chi connectivity index (χ2v) is 4.63. The molecule has 0 spiro atoms. The van der Waals surface area contributed by atoms with Crippen molar-refractivity contribution >= 4 is 28.6 Å². The number of urea groups is 1. The average Bonchev–Trinajstić information content (AvgIpc) is 2.84. The summed E-state index contributed by atoms with van der Waals surface area (Å²) < 4.78 is 5.43. The van der Waals surface area contributed by atoms with Gasteiger partial charge in [0.25, 0.3) is 0 Å². The second-order valence-electron chi connectivity index (χ2n) is 3.54. The Balaban J connectivity index is 1.97. The van der Waals surface area contributed by atoms with Crippen LogP contribution in [0.3, 0.4) is 0 Å². The molecule has 0 aromatic heterocycles. The molecule has 2 N–H and O–H groups in total. The topological polar surface area (TPSA) is 62.7 Å². The maximum atomic E-state index is 11.8. The van der Waals surface area contributed by atoms with E-state index >= 15 is 0 Å². The number of carbonyl (C=O) groups is 1. The van der Waals surface area contributed by atoms with Gasteiger partial charge in [0.1, 0.15) is 5.75 Å². The highest BCUT2D eigenvalue weighted by Gasteiger charge is 2.12. The molecule has 1 aliphatic heterocycles. The minimum atomic E-state index is -0.296. The van der Waals surface area contributed by atoms with E-state index in [2.05, 4.69) is 15.6 Å². The van der Waals surface area contributed by atoms with Crippen molar-refractivity contribution in [1.29, 1.82) is 0 Å². The van der Waals surface area contributed by atoms with Gasteiger partial charge in [0.05, 0.1) is 18.8 Å². The number of amidine groups is 1. The first-order valence-corrected chi connectivity index (χ1v) is 6.75. The van der Waals surface area contributed by atoms with Crippen LogP contribution in [0, 0.1) is 0 Å². The van der Waals surface area contributed by atoms with Crippen LogP contribution in [0.15, 0.2) is 29.3 Å². The average molecular weight is 265 g/mol. The molecule has 0 saturated heterocycles. The number of amides is 2. The molecule has 0 saturated carbocycles. The van der Waals surface area contributed by atoms with Crippen LogP contribution in [0.25, 0.3) is 0 Å². The molecule has 0 radical (unpaired) electrons. The smallest absolute Gasteiger partial charge is 0.325 e. The van der Waals surface area contributed by atoms with E-state index in [1.807, 2.05) is 25.1 Å². The fourth-order valence-electron chi connectivity index (χ4n) is 1.51. The highest BCUT2D eigenvalue weighted by molar-refractivity contribution is 8.14. The lowest BCUT2D eigenvalue weighted by molar-refractivity contribution is 0.256. The number of para-hydroxylation sites is 2. The Morgan fingerprint density at radius 1 is 1.44 bits per heavy atom. The summed E-state index contributed by atoms with van der Waals surface area (Å²) in [4.78, 5) is 15.9. The van der Waals surface area contributed by atoms with Crippen molar-refractivity contribution in [3.8, 4) is 5.75 Å². The Labute approximate surface area is 110 Å². The molecule has 0 fully saturated rings. The lowest BCUT2D eigenvalue weighted by atomic mass is 10.3. The zero-order chi connectivity index (χ0) is 12.8. The number of hydrogen-bond acceptors (Lipinski definition) is 4. The molecule has 5 nitrogen and oxygen atoms in total. The Kier molecular flexibility index (Phi) is 4.46. The third kappa shape index (κ3) is 3.40. The summed E-state index contributed by atoms with van der Waals surface area (Å²) in [5.41, 5.74) is 0.653. The lowest BCUT2D eigenvalue weighted by Gasteiger charge is -2.11. The molecule has 1 aromatic rings. The van der Waals surface area contributed by atoms with Gasteiger partial charge < -0.3 is 10.1 Å². The number of rotatable bonds is 3. The molecule has 0 aliphatic carbocycles. The summed E-state index contributed by atoms with van der Waals surface area (Å²) in [7, 11) is 0. The number of hydrogen-bond donors (Lipinski definition) is 2. The second kappa shape index (κ2) is 6.30. The molecule has 96 valence electrons. The summed E-state index contributed by atoms with van der Waals surface area (Å²) in [5.74, 6) is 1.58. The summed E-state index contributed by atoms with van der Waals surface area (Å²) in [6.07, 6.45) is 0. The van der Waals surface area contributed by atoms with Gasteiger partial charge in [0, 0.05) is 5.75 Å². The minimum Gasteiger partial charge on any atom is -0.492 e. The first kappa shape index (κ1) is 12.8. The molecule has 18 heavy (non-hydrogen) atoms. The number of nitrogens with zero attached hydrogens (tertiary/aromatic N) is 1. The molecule has 1 aromatic carbocycles. The van der Waals surface area contributed by atoms with Crippen molar-refractivity contribution in [2.24, 2.45) is 4.99 Å². The van der Waals surface area contributed by atoms with Crippen molar-refractivity contribution in [1.82, 2.24) is 5.32 Å². The maximum Gasteiger partial charge on any atom is 0.325 e. The summed E-state index contributed by atoms with van der Waals surface area (Å²) in [5, 5.41) is 6.12. The van der Waals surface area contributed by atoms with Gasteiger partial charge >= 0.3 is 6.03 Å². The van der Waals surface area contributed by atoms with Crippen LogP contribution >= 0.6 is 11.8 Å². The molecule has 1 aliphatic rings. The van der Waals surface area contributed by atoms with E-state index in [-0.39, 0.29) is 6.03 Å². The Morgan fingerprint density at radius 2 is 2.28 bits per heavy atom. The van der Waals surface area contributed by atoms with E-state index in [1.54, 1.807) is 17.8 Å². The van der Waals surface area contributed by atoms with Crippen molar-refractivity contribution in [2.75, 3.05) is 24.2 Å². The molecule has 6 heteroatoms. The molecular formula is C12H15N3O2S. The van der Waals surface area contributed by atoms with E-state index in [9.17, 15) is 4.79 Å². The van der Waals surface area contributed by atoms with Crippen molar-refractivity contribution < 1.29 is 9.53 Å². The fourth-order valence-corrected chi connectivity index (χ4v) is 2.24. The van der Waals surface area contributed by atoms with Crippen LogP contribution in [-0.2, 0) is 0 Å². The van der Waals surface area contributed by atoms with Gasteiger partial charge in [-0.25, -0.2) is 4.79 Å². The monoisotopic (exact) mass is 265 g/mol. The first-order valence-electron chi connectivity index (χ1n) is 5.76. The van der Waals surface area contributed by atoms with Gasteiger partial charge in [0.2, 0.25) is 0 Å².